The van der Waals surface area contributed by atoms with Crippen LogP contribution in [0.2, 0.25) is 0 Å². The van der Waals surface area contributed by atoms with Gasteiger partial charge in [0.05, 0.1) is 16.2 Å². The lowest BCUT2D eigenvalue weighted by Crippen LogP contribution is -2.15. The van der Waals surface area contributed by atoms with Gasteiger partial charge in [0, 0.05) is 18.1 Å². The maximum Gasteiger partial charge on any atom is 0.338 e. The first kappa shape index (κ1) is 18.8. The van der Waals surface area contributed by atoms with Gasteiger partial charge in [-0.2, -0.15) is 0 Å². The lowest BCUT2D eigenvalue weighted by Gasteiger charge is -2.08. The molecule has 6 nitrogen and oxygen atoms in total. The summed E-state index contributed by atoms with van der Waals surface area (Å²) in [6, 6.07) is 13.8. The van der Waals surface area contributed by atoms with E-state index in [1.807, 2.05) is 0 Å². The average Bonchev–Trinajstić information content (AvgIpc) is 3.47. The summed E-state index contributed by atoms with van der Waals surface area (Å²) in [6.07, 6.45) is 0.898. The van der Waals surface area contributed by atoms with E-state index in [0.717, 1.165) is 6.42 Å². The van der Waals surface area contributed by atoms with Crippen molar-refractivity contribution in [1.82, 2.24) is 0 Å². The molecule has 2 unspecified atom stereocenters. The van der Waals surface area contributed by atoms with Gasteiger partial charge in [0.15, 0.2) is 0 Å². The Bertz CT molecular complexity index is 857. The molecule has 0 aliphatic heterocycles. The molecule has 6 heteroatoms. The minimum Gasteiger partial charge on any atom is -0.456 e. The van der Waals surface area contributed by atoms with E-state index < -0.39 is 10.9 Å². The van der Waals surface area contributed by atoms with Gasteiger partial charge in [0.2, 0.25) is 0 Å². The normalized spacial score (nSPS) is 18.2. The van der Waals surface area contributed by atoms with E-state index in [4.69, 9.17) is 10.1 Å². The molecule has 2 aromatic rings. The molecule has 0 saturated heterocycles. The first-order valence-corrected chi connectivity index (χ1v) is 8.95. The number of nitrogens with zero attached hydrogens (tertiary/aromatic N) is 1. The topological polar surface area (TPSA) is 93.3 Å². The predicted molar refractivity (Wildman–Crippen MR) is 102 cm³/mol. The number of nitrogens with one attached hydrogen (secondary N) is 1. The maximum absolute atomic E-state index is 12.0. The molecule has 2 aromatic carbocycles. The van der Waals surface area contributed by atoms with Gasteiger partial charge in [0.25, 0.3) is 5.69 Å². The molecule has 1 fully saturated rings. The average molecular weight is 366 g/mol. The Hall–Kier alpha value is -3.02. The molecule has 3 rings (SSSR count). The third-order valence-electron chi connectivity index (χ3n) is 4.94. The van der Waals surface area contributed by atoms with Gasteiger partial charge in [-0.15, -0.1) is 0 Å². The Labute approximate surface area is 157 Å². The number of benzene rings is 2. The van der Waals surface area contributed by atoms with Crippen molar-refractivity contribution in [2.24, 2.45) is 5.92 Å². The highest BCUT2D eigenvalue weighted by Gasteiger charge is 2.41. The second-order valence-corrected chi connectivity index (χ2v) is 7.18. The SMILES string of the molecule is CC(C)c1ccc(C2CC2C(=N)COC(=O)c2ccc([N+](=O)[O-])cc2)cc1. The van der Waals surface area contributed by atoms with Crippen LogP contribution in [-0.2, 0) is 4.74 Å². The summed E-state index contributed by atoms with van der Waals surface area (Å²) in [6.45, 7) is 4.26. The van der Waals surface area contributed by atoms with Crippen LogP contribution in [0.3, 0.4) is 0 Å². The van der Waals surface area contributed by atoms with Crippen LogP contribution in [0.1, 0.15) is 53.6 Å². The standard InChI is InChI=1S/C21H22N2O4/c1-13(2)14-3-5-15(6-4-14)18-11-19(18)20(22)12-27-21(24)16-7-9-17(10-8-16)23(25)26/h3-10,13,18-19,22H,11-12H2,1-2H3. The van der Waals surface area contributed by atoms with E-state index in [9.17, 15) is 14.9 Å². The van der Waals surface area contributed by atoms with Crippen molar-refractivity contribution < 1.29 is 14.5 Å². The van der Waals surface area contributed by atoms with Gasteiger partial charge in [-0.3, -0.25) is 10.1 Å². The Balaban J connectivity index is 1.51. The third-order valence-corrected chi connectivity index (χ3v) is 4.94. The van der Waals surface area contributed by atoms with Crippen LogP contribution >= 0.6 is 0 Å². The number of nitro groups is 1. The summed E-state index contributed by atoms with van der Waals surface area (Å²) in [5.74, 6) is 0.343. The Morgan fingerprint density at radius 3 is 2.37 bits per heavy atom. The van der Waals surface area contributed by atoms with Crippen LogP contribution in [-0.4, -0.2) is 23.2 Å². The third kappa shape index (κ3) is 4.39. The van der Waals surface area contributed by atoms with Crippen molar-refractivity contribution in [3.05, 3.63) is 75.3 Å². The van der Waals surface area contributed by atoms with Crippen molar-refractivity contribution >= 4 is 17.4 Å². The molecule has 0 amide bonds. The Morgan fingerprint density at radius 1 is 1.19 bits per heavy atom. The summed E-state index contributed by atoms with van der Waals surface area (Å²) in [5.41, 5.74) is 3.08. The van der Waals surface area contributed by atoms with Gasteiger partial charge in [-0.05, 0) is 41.5 Å². The van der Waals surface area contributed by atoms with Gasteiger partial charge in [-0.1, -0.05) is 38.1 Å². The van der Waals surface area contributed by atoms with E-state index in [-0.39, 0.29) is 23.8 Å². The highest BCUT2D eigenvalue weighted by molar-refractivity contribution is 5.94. The molecule has 0 aromatic heterocycles. The van der Waals surface area contributed by atoms with Crippen molar-refractivity contribution in [3.63, 3.8) is 0 Å². The summed E-state index contributed by atoms with van der Waals surface area (Å²) in [4.78, 5) is 22.2. The summed E-state index contributed by atoms with van der Waals surface area (Å²) < 4.78 is 5.19. The first-order valence-electron chi connectivity index (χ1n) is 8.95. The summed E-state index contributed by atoms with van der Waals surface area (Å²) in [7, 11) is 0. The number of ether oxygens (including phenoxy) is 1. The molecule has 2 atom stereocenters. The Kier molecular flexibility index (Phi) is 5.35. The van der Waals surface area contributed by atoms with Gasteiger partial charge in [0.1, 0.15) is 6.61 Å². The van der Waals surface area contributed by atoms with E-state index in [0.29, 0.717) is 17.5 Å². The number of hydrogen-bond donors (Lipinski definition) is 1. The van der Waals surface area contributed by atoms with E-state index in [1.165, 1.54) is 35.4 Å². The number of nitro benzene ring substituents is 1. The smallest absolute Gasteiger partial charge is 0.338 e. The van der Waals surface area contributed by atoms with Gasteiger partial charge < -0.3 is 10.1 Å². The molecule has 0 heterocycles. The zero-order valence-electron chi connectivity index (χ0n) is 15.3. The van der Waals surface area contributed by atoms with Crippen molar-refractivity contribution in [2.45, 2.75) is 32.1 Å². The number of esters is 1. The molecule has 1 aliphatic rings. The van der Waals surface area contributed by atoms with E-state index in [2.05, 4.69) is 38.1 Å². The maximum atomic E-state index is 12.0. The molecule has 1 N–H and O–H groups in total. The van der Waals surface area contributed by atoms with Crippen molar-refractivity contribution in [2.75, 3.05) is 6.61 Å². The zero-order valence-corrected chi connectivity index (χ0v) is 15.3. The summed E-state index contributed by atoms with van der Waals surface area (Å²) in [5, 5.41) is 18.8. The van der Waals surface area contributed by atoms with Crippen LogP contribution in [0.15, 0.2) is 48.5 Å². The number of carbonyl (C=O) groups is 1. The fourth-order valence-corrected chi connectivity index (χ4v) is 3.13. The molecule has 0 radical (unpaired) electrons. The van der Waals surface area contributed by atoms with E-state index in [1.54, 1.807) is 0 Å². The molecule has 1 saturated carbocycles. The number of rotatable bonds is 7. The highest BCUT2D eigenvalue weighted by atomic mass is 16.6. The monoisotopic (exact) mass is 366 g/mol. The largest absolute Gasteiger partial charge is 0.456 e. The molecule has 1 aliphatic carbocycles. The van der Waals surface area contributed by atoms with Crippen molar-refractivity contribution in [1.29, 1.82) is 5.41 Å². The fraction of sp³-hybridized carbons (Fsp3) is 0.333. The van der Waals surface area contributed by atoms with Crippen LogP contribution in [0.25, 0.3) is 0 Å². The first-order chi connectivity index (χ1) is 12.9. The number of non-ortho nitro benzene ring substituents is 1. The quantitative estimate of drug-likeness (QED) is 0.333. The lowest BCUT2D eigenvalue weighted by molar-refractivity contribution is -0.384. The number of hydrogen-bond acceptors (Lipinski definition) is 5. The van der Waals surface area contributed by atoms with E-state index >= 15 is 0 Å². The summed E-state index contributed by atoms with van der Waals surface area (Å²) >= 11 is 0. The van der Waals surface area contributed by atoms with Crippen molar-refractivity contribution in [3.8, 4) is 0 Å². The minimum atomic E-state index is -0.576. The number of carbonyl (C=O) groups excluding carboxylic acids is 1. The second kappa shape index (κ2) is 7.70. The van der Waals surface area contributed by atoms with Gasteiger partial charge in [-0.25, -0.2) is 4.79 Å². The fourth-order valence-electron chi connectivity index (χ4n) is 3.13. The van der Waals surface area contributed by atoms with Gasteiger partial charge >= 0.3 is 5.97 Å². The predicted octanol–water partition coefficient (Wildman–Crippen LogP) is 4.70. The Morgan fingerprint density at radius 2 is 1.81 bits per heavy atom. The molecule has 0 spiro atoms. The molecular formula is C21H22N2O4. The van der Waals surface area contributed by atoms with Crippen LogP contribution in [0, 0.1) is 21.4 Å². The molecular weight excluding hydrogens is 344 g/mol. The zero-order chi connectivity index (χ0) is 19.6. The minimum absolute atomic E-state index is 0.0545. The molecule has 0 bridgehead atoms. The van der Waals surface area contributed by atoms with Crippen LogP contribution < -0.4 is 0 Å². The molecule has 140 valence electrons. The second-order valence-electron chi connectivity index (χ2n) is 7.18. The van der Waals surface area contributed by atoms with Crippen LogP contribution in [0.4, 0.5) is 5.69 Å². The highest BCUT2D eigenvalue weighted by Crippen LogP contribution is 2.48. The lowest BCUT2D eigenvalue weighted by atomic mass is 9.99. The van der Waals surface area contributed by atoms with Crippen LogP contribution in [0.5, 0.6) is 0 Å². The molecule has 27 heavy (non-hydrogen) atoms.